The van der Waals surface area contributed by atoms with Crippen LogP contribution in [0.1, 0.15) is 43.4 Å². The van der Waals surface area contributed by atoms with Crippen molar-refractivity contribution in [1.82, 2.24) is 10.2 Å². The van der Waals surface area contributed by atoms with Gasteiger partial charge in [0, 0.05) is 36.3 Å². The Morgan fingerprint density at radius 2 is 2.38 bits per heavy atom. The number of aromatic amines is 1. The Labute approximate surface area is 96.2 Å². The lowest BCUT2D eigenvalue weighted by Crippen LogP contribution is -2.27. The summed E-state index contributed by atoms with van der Waals surface area (Å²) < 4.78 is 0. The highest BCUT2D eigenvalue weighted by Gasteiger charge is 2.30. The van der Waals surface area contributed by atoms with Crippen molar-refractivity contribution < 1.29 is 0 Å². The molecule has 3 N–H and O–H groups in total. The highest BCUT2D eigenvalue weighted by molar-refractivity contribution is 5.53. The molecule has 2 atom stereocenters. The van der Waals surface area contributed by atoms with Crippen LogP contribution in [0, 0.1) is 0 Å². The lowest BCUT2D eigenvalue weighted by molar-refractivity contribution is 0.633. The molecule has 1 aromatic rings. The number of hydrogen-bond acceptors (Lipinski definition) is 3. The predicted molar refractivity (Wildman–Crippen MR) is 64.7 cm³/mol. The molecular formula is C12H20N4. The summed E-state index contributed by atoms with van der Waals surface area (Å²) in [5.41, 5.74) is 8.80. The number of nitrogens with one attached hydrogen (secondary N) is 1. The Bertz CT molecular complexity index is 384. The Balaban J connectivity index is 1.87. The predicted octanol–water partition coefficient (Wildman–Crippen LogP) is 1.39. The summed E-state index contributed by atoms with van der Waals surface area (Å²) in [6.45, 7) is 4.29. The standard InChI is InChI=1S/C12H20N4/c1-2-8-3-4-10-11(8)14-15-12(10)16-6-5-9(13)7-16/h8-9H,2-7,13H2,1H3,(H,14,15). The molecule has 0 radical (unpaired) electrons. The molecule has 2 unspecified atom stereocenters. The van der Waals surface area contributed by atoms with Crippen LogP contribution in [-0.4, -0.2) is 29.3 Å². The largest absolute Gasteiger partial charge is 0.353 e. The zero-order chi connectivity index (χ0) is 11.1. The van der Waals surface area contributed by atoms with Crippen molar-refractivity contribution in [2.45, 2.75) is 44.6 Å². The summed E-state index contributed by atoms with van der Waals surface area (Å²) in [5, 5.41) is 7.74. The minimum atomic E-state index is 0.329. The van der Waals surface area contributed by atoms with Gasteiger partial charge in [0.2, 0.25) is 0 Å². The maximum absolute atomic E-state index is 5.95. The van der Waals surface area contributed by atoms with Crippen molar-refractivity contribution in [2.75, 3.05) is 18.0 Å². The van der Waals surface area contributed by atoms with E-state index < -0.39 is 0 Å². The average Bonchev–Trinajstić information content (AvgIpc) is 2.91. The van der Waals surface area contributed by atoms with E-state index >= 15 is 0 Å². The van der Waals surface area contributed by atoms with Crippen molar-refractivity contribution in [1.29, 1.82) is 0 Å². The van der Waals surface area contributed by atoms with Gasteiger partial charge in [-0.05, 0) is 25.7 Å². The minimum absolute atomic E-state index is 0.329. The van der Waals surface area contributed by atoms with Crippen molar-refractivity contribution in [3.63, 3.8) is 0 Å². The molecule has 1 aliphatic heterocycles. The molecule has 1 aliphatic carbocycles. The van der Waals surface area contributed by atoms with Crippen LogP contribution in [0.25, 0.3) is 0 Å². The highest BCUT2D eigenvalue weighted by Crippen LogP contribution is 2.39. The summed E-state index contributed by atoms with van der Waals surface area (Å²) in [6, 6.07) is 0.329. The SMILES string of the molecule is CCC1CCc2c(N3CCC(N)C3)n[nH]c21. The van der Waals surface area contributed by atoms with E-state index in [0.717, 1.165) is 19.5 Å². The number of nitrogens with two attached hydrogens (primary N) is 1. The third kappa shape index (κ3) is 1.44. The second-order valence-electron chi connectivity index (χ2n) is 5.08. The molecule has 4 nitrogen and oxygen atoms in total. The van der Waals surface area contributed by atoms with Crippen LogP contribution in [0.5, 0.6) is 0 Å². The molecule has 2 aliphatic rings. The van der Waals surface area contributed by atoms with Gasteiger partial charge in [-0.2, -0.15) is 5.10 Å². The van der Waals surface area contributed by atoms with Gasteiger partial charge in [0.05, 0.1) is 0 Å². The summed E-state index contributed by atoms with van der Waals surface area (Å²) in [6.07, 6.45) is 4.78. The van der Waals surface area contributed by atoms with E-state index in [9.17, 15) is 0 Å². The fourth-order valence-electron chi connectivity index (χ4n) is 3.07. The normalized spacial score (nSPS) is 28.8. The van der Waals surface area contributed by atoms with Crippen LogP contribution in [0.15, 0.2) is 0 Å². The van der Waals surface area contributed by atoms with Gasteiger partial charge in [-0.15, -0.1) is 0 Å². The first-order chi connectivity index (χ1) is 7.79. The Kier molecular flexibility index (Phi) is 2.39. The number of anilines is 1. The van der Waals surface area contributed by atoms with E-state index in [1.807, 2.05) is 0 Å². The van der Waals surface area contributed by atoms with Crippen LogP contribution in [0.3, 0.4) is 0 Å². The molecule has 3 rings (SSSR count). The average molecular weight is 220 g/mol. The van der Waals surface area contributed by atoms with Gasteiger partial charge in [-0.3, -0.25) is 5.10 Å². The first kappa shape index (κ1) is 10.1. The summed E-state index contributed by atoms with van der Waals surface area (Å²) in [5.74, 6) is 1.88. The van der Waals surface area contributed by atoms with E-state index in [-0.39, 0.29) is 0 Å². The van der Waals surface area contributed by atoms with Crippen LogP contribution in [0.2, 0.25) is 0 Å². The van der Waals surface area contributed by atoms with Crippen molar-refractivity contribution in [3.8, 4) is 0 Å². The second-order valence-corrected chi connectivity index (χ2v) is 5.08. The summed E-state index contributed by atoms with van der Waals surface area (Å²) in [4.78, 5) is 2.35. The van der Waals surface area contributed by atoms with Crippen molar-refractivity contribution >= 4 is 5.82 Å². The van der Waals surface area contributed by atoms with E-state index in [4.69, 9.17) is 5.73 Å². The first-order valence-corrected chi connectivity index (χ1v) is 6.37. The molecule has 0 aromatic carbocycles. The van der Waals surface area contributed by atoms with E-state index in [2.05, 4.69) is 22.0 Å². The minimum Gasteiger partial charge on any atom is -0.353 e. The van der Waals surface area contributed by atoms with Gasteiger partial charge in [0.25, 0.3) is 0 Å². The third-order valence-corrected chi connectivity index (χ3v) is 4.05. The highest BCUT2D eigenvalue weighted by atomic mass is 15.3. The maximum atomic E-state index is 5.95. The van der Waals surface area contributed by atoms with Gasteiger partial charge in [-0.25, -0.2) is 0 Å². The fraction of sp³-hybridized carbons (Fsp3) is 0.750. The van der Waals surface area contributed by atoms with E-state index in [1.54, 1.807) is 0 Å². The Morgan fingerprint density at radius 3 is 3.06 bits per heavy atom. The number of fused-ring (bicyclic) bond motifs is 1. The number of aromatic nitrogens is 2. The molecule has 0 bridgehead atoms. The molecular weight excluding hydrogens is 200 g/mol. The number of rotatable bonds is 2. The van der Waals surface area contributed by atoms with Gasteiger partial charge in [0.15, 0.2) is 5.82 Å². The summed E-state index contributed by atoms with van der Waals surface area (Å²) in [7, 11) is 0. The molecule has 1 fully saturated rings. The van der Waals surface area contributed by atoms with Crippen molar-refractivity contribution in [2.24, 2.45) is 5.73 Å². The zero-order valence-corrected chi connectivity index (χ0v) is 9.87. The lowest BCUT2D eigenvalue weighted by Gasteiger charge is -2.15. The number of H-pyrrole nitrogens is 1. The van der Waals surface area contributed by atoms with Crippen LogP contribution < -0.4 is 10.6 Å². The topological polar surface area (TPSA) is 57.9 Å². The molecule has 4 heteroatoms. The summed E-state index contributed by atoms with van der Waals surface area (Å²) >= 11 is 0. The third-order valence-electron chi connectivity index (χ3n) is 4.05. The van der Waals surface area contributed by atoms with Gasteiger partial charge in [0.1, 0.15) is 0 Å². The second kappa shape index (κ2) is 3.77. The molecule has 1 saturated heterocycles. The van der Waals surface area contributed by atoms with Gasteiger partial charge in [-0.1, -0.05) is 6.92 Å². The first-order valence-electron chi connectivity index (χ1n) is 6.37. The van der Waals surface area contributed by atoms with E-state index in [0.29, 0.717) is 12.0 Å². The quantitative estimate of drug-likeness (QED) is 0.791. The molecule has 0 saturated carbocycles. The lowest BCUT2D eigenvalue weighted by atomic mass is 10.1. The van der Waals surface area contributed by atoms with Crippen molar-refractivity contribution in [3.05, 3.63) is 11.3 Å². The smallest absolute Gasteiger partial charge is 0.153 e. The fourth-order valence-corrected chi connectivity index (χ4v) is 3.07. The monoisotopic (exact) mass is 220 g/mol. The van der Waals surface area contributed by atoms with E-state index in [1.165, 1.54) is 36.3 Å². The number of nitrogens with zero attached hydrogens (tertiary/aromatic N) is 2. The Hall–Kier alpha value is -1.03. The molecule has 2 heterocycles. The van der Waals surface area contributed by atoms with Crippen LogP contribution >= 0.6 is 0 Å². The number of hydrogen-bond donors (Lipinski definition) is 2. The molecule has 1 aromatic heterocycles. The van der Waals surface area contributed by atoms with Crippen LogP contribution in [0.4, 0.5) is 5.82 Å². The van der Waals surface area contributed by atoms with Crippen LogP contribution in [-0.2, 0) is 6.42 Å². The molecule has 88 valence electrons. The van der Waals surface area contributed by atoms with Gasteiger partial charge >= 0.3 is 0 Å². The molecule has 0 spiro atoms. The maximum Gasteiger partial charge on any atom is 0.153 e. The Morgan fingerprint density at radius 1 is 1.50 bits per heavy atom. The zero-order valence-electron chi connectivity index (χ0n) is 9.87. The molecule has 0 amide bonds. The molecule has 16 heavy (non-hydrogen) atoms. The van der Waals surface area contributed by atoms with Gasteiger partial charge < -0.3 is 10.6 Å².